The number of benzene rings is 2. The molecule has 0 atom stereocenters. The van der Waals surface area contributed by atoms with Crippen molar-refractivity contribution in [1.82, 2.24) is 0 Å². The molecule has 0 saturated carbocycles. The molecule has 0 aliphatic rings. The highest BCUT2D eigenvalue weighted by Gasteiger charge is 2.19. The first-order valence-corrected chi connectivity index (χ1v) is 8.59. The molecule has 0 aliphatic carbocycles. The summed E-state index contributed by atoms with van der Waals surface area (Å²) in [6.45, 7) is 2.51. The zero-order valence-electron chi connectivity index (χ0n) is 14.5. The van der Waals surface area contributed by atoms with E-state index in [1.165, 1.54) is 12.1 Å². The van der Waals surface area contributed by atoms with Gasteiger partial charge < -0.3 is 9.84 Å². The van der Waals surface area contributed by atoms with Crippen LogP contribution in [0.25, 0.3) is 11.1 Å². The van der Waals surface area contributed by atoms with Gasteiger partial charge in [-0.15, -0.1) is 0 Å². The topological polar surface area (TPSA) is 46.5 Å². The molecule has 0 unspecified atom stereocenters. The van der Waals surface area contributed by atoms with Gasteiger partial charge in [0.25, 0.3) is 0 Å². The van der Waals surface area contributed by atoms with Crippen molar-refractivity contribution < 1.29 is 27.8 Å². The Hall–Kier alpha value is -2.50. The molecule has 2 aromatic carbocycles. The van der Waals surface area contributed by atoms with Crippen LogP contribution in [0, 0.1) is 17.5 Å². The number of ether oxygens (including phenoxy) is 1. The Balaban J connectivity index is 2.10. The molecular weight excluding hydrogens is 345 g/mol. The molecule has 1 N–H and O–H groups in total. The van der Waals surface area contributed by atoms with Crippen LogP contribution < -0.4 is 4.74 Å². The van der Waals surface area contributed by atoms with Crippen LogP contribution in [0.4, 0.5) is 13.2 Å². The zero-order chi connectivity index (χ0) is 19.1. The number of aromatic carboxylic acids is 1. The van der Waals surface area contributed by atoms with Crippen molar-refractivity contribution in [3.05, 3.63) is 53.3 Å². The van der Waals surface area contributed by atoms with E-state index in [1.54, 1.807) is 0 Å². The largest absolute Gasteiger partial charge is 0.491 e. The summed E-state index contributed by atoms with van der Waals surface area (Å²) in [5.41, 5.74) is -0.876. The van der Waals surface area contributed by atoms with Crippen LogP contribution in [-0.4, -0.2) is 17.7 Å². The third kappa shape index (κ3) is 4.77. The van der Waals surface area contributed by atoms with Gasteiger partial charge in [0.2, 0.25) is 0 Å². The van der Waals surface area contributed by atoms with E-state index in [0.29, 0.717) is 6.61 Å². The highest BCUT2D eigenvalue weighted by molar-refractivity contribution is 5.88. The van der Waals surface area contributed by atoms with Crippen molar-refractivity contribution in [3.8, 4) is 16.9 Å². The quantitative estimate of drug-likeness (QED) is 0.569. The summed E-state index contributed by atoms with van der Waals surface area (Å²) in [6.07, 6.45) is 5.23. The van der Waals surface area contributed by atoms with Gasteiger partial charge in [0.15, 0.2) is 23.2 Å². The average Bonchev–Trinajstić information content (AvgIpc) is 2.61. The molecular formula is C20H21F3O3. The molecule has 0 amide bonds. The van der Waals surface area contributed by atoms with E-state index >= 15 is 0 Å². The minimum Gasteiger partial charge on any atom is -0.491 e. The fraction of sp³-hybridized carbons (Fsp3) is 0.350. The second kappa shape index (κ2) is 9.27. The zero-order valence-corrected chi connectivity index (χ0v) is 14.5. The standard InChI is InChI=1S/C20H21F3O3/c1-2-3-4-5-6-11-26-17-10-7-13(12-16(17)21)14-8-9-15(20(24)25)19(23)18(14)22/h7-10,12H,2-6,11H2,1H3,(H,24,25). The number of rotatable bonds is 9. The Bertz CT molecular complexity index is 775. The number of carboxylic acid groups (broad SMARTS) is 1. The van der Waals surface area contributed by atoms with E-state index in [1.807, 2.05) is 0 Å². The molecule has 0 bridgehead atoms. The van der Waals surface area contributed by atoms with Crippen LogP contribution in [0.1, 0.15) is 49.4 Å². The van der Waals surface area contributed by atoms with E-state index in [0.717, 1.165) is 50.3 Å². The van der Waals surface area contributed by atoms with Crippen molar-refractivity contribution in [2.24, 2.45) is 0 Å². The van der Waals surface area contributed by atoms with Crippen molar-refractivity contribution >= 4 is 5.97 Å². The molecule has 0 heterocycles. The maximum absolute atomic E-state index is 14.2. The molecule has 26 heavy (non-hydrogen) atoms. The van der Waals surface area contributed by atoms with Gasteiger partial charge >= 0.3 is 5.97 Å². The molecule has 0 spiro atoms. The molecule has 0 saturated heterocycles. The monoisotopic (exact) mass is 366 g/mol. The molecule has 140 valence electrons. The molecule has 2 rings (SSSR count). The fourth-order valence-electron chi connectivity index (χ4n) is 2.61. The Morgan fingerprint density at radius 1 is 1.00 bits per heavy atom. The van der Waals surface area contributed by atoms with E-state index in [9.17, 15) is 18.0 Å². The Kier molecular flexibility index (Phi) is 7.06. The highest BCUT2D eigenvalue weighted by atomic mass is 19.2. The van der Waals surface area contributed by atoms with Crippen molar-refractivity contribution in [3.63, 3.8) is 0 Å². The van der Waals surface area contributed by atoms with Gasteiger partial charge in [0.05, 0.1) is 12.2 Å². The van der Waals surface area contributed by atoms with Crippen molar-refractivity contribution in [2.75, 3.05) is 6.61 Å². The summed E-state index contributed by atoms with van der Waals surface area (Å²) >= 11 is 0. The van der Waals surface area contributed by atoms with Crippen molar-refractivity contribution in [1.29, 1.82) is 0 Å². The molecule has 0 radical (unpaired) electrons. The predicted molar refractivity (Wildman–Crippen MR) is 93.0 cm³/mol. The Morgan fingerprint density at radius 3 is 2.38 bits per heavy atom. The van der Waals surface area contributed by atoms with E-state index in [-0.39, 0.29) is 16.9 Å². The van der Waals surface area contributed by atoms with Crippen molar-refractivity contribution in [2.45, 2.75) is 39.0 Å². The molecule has 0 aliphatic heterocycles. The van der Waals surface area contributed by atoms with Crippen LogP contribution in [-0.2, 0) is 0 Å². The lowest BCUT2D eigenvalue weighted by atomic mass is 10.0. The third-order valence-corrected chi connectivity index (χ3v) is 4.06. The Labute approximate surface area is 150 Å². The maximum Gasteiger partial charge on any atom is 0.338 e. The van der Waals surface area contributed by atoms with Crippen LogP contribution in [0.5, 0.6) is 5.75 Å². The van der Waals surface area contributed by atoms with Gasteiger partial charge in [-0.2, -0.15) is 0 Å². The highest BCUT2D eigenvalue weighted by Crippen LogP contribution is 2.30. The summed E-state index contributed by atoms with van der Waals surface area (Å²) in [4.78, 5) is 10.8. The molecule has 0 fully saturated rings. The van der Waals surface area contributed by atoms with Crippen LogP contribution in [0.2, 0.25) is 0 Å². The second-order valence-corrected chi connectivity index (χ2v) is 6.00. The number of carboxylic acids is 1. The maximum atomic E-state index is 14.2. The molecule has 6 heteroatoms. The fourth-order valence-corrected chi connectivity index (χ4v) is 2.61. The molecule has 3 nitrogen and oxygen atoms in total. The Morgan fingerprint density at radius 2 is 1.73 bits per heavy atom. The number of unbranched alkanes of at least 4 members (excludes halogenated alkanes) is 4. The number of halogens is 3. The SMILES string of the molecule is CCCCCCCOc1ccc(-c2ccc(C(=O)O)c(F)c2F)cc1F. The second-order valence-electron chi connectivity index (χ2n) is 6.00. The predicted octanol–water partition coefficient (Wildman–Crippen LogP) is 5.82. The summed E-state index contributed by atoms with van der Waals surface area (Å²) < 4.78 is 47.5. The molecule has 2 aromatic rings. The van der Waals surface area contributed by atoms with Crippen LogP contribution in [0.3, 0.4) is 0 Å². The minimum absolute atomic E-state index is 0.0484. The third-order valence-electron chi connectivity index (χ3n) is 4.06. The average molecular weight is 366 g/mol. The van der Waals surface area contributed by atoms with E-state index < -0.39 is 29.0 Å². The smallest absolute Gasteiger partial charge is 0.338 e. The van der Waals surface area contributed by atoms with Crippen LogP contribution in [0.15, 0.2) is 30.3 Å². The van der Waals surface area contributed by atoms with Gasteiger partial charge in [-0.1, -0.05) is 44.7 Å². The first-order valence-electron chi connectivity index (χ1n) is 8.59. The van der Waals surface area contributed by atoms with Gasteiger partial charge in [0, 0.05) is 5.56 Å². The summed E-state index contributed by atoms with van der Waals surface area (Å²) in [6, 6.07) is 5.89. The summed E-state index contributed by atoms with van der Waals surface area (Å²) in [5, 5.41) is 8.80. The summed E-state index contributed by atoms with van der Waals surface area (Å²) in [5.74, 6) is -5.00. The first kappa shape index (κ1) is 19.8. The van der Waals surface area contributed by atoms with Gasteiger partial charge in [0.1, 0.15) is 0 Å². The number of hydrogen-bond acceptors (Lipinski definition) is 2. The first-order chi connectivity index (χ1) is 12.5. The normalized spacial score (nSPS) is 10.8. The van der Waals surface area contributed by atoms with Crippen LogP contribution >= 0.6 is 0 Å². The number of carbonyl (C=O) groups is 1. The summed E-state index contributed by atoms with van der Waals surface area (Å²) in [7, 11) is 0. The molecule has 0 aromatic heterocycles. The van der Waals surface area contributed by atoms with E-state index in [2.05, 4.69) is 6.92 Å². The van der Waals surface area contributed by atoms with Gasteiger partial charge in [-0.05, 0) is 30.2 Å². The lowest BCUT2D eigenvalue weighted by Crippen LogP contribution is -2.04. The van der Waals surface area contributed by atoms with Gasteiger partial charge in [-0.25, -0.2) is 18.0 Å². The minimum atomic E-state index is -1.57. The lowest BCUT2D eigenvalue weighted by molar-refractivity contribution is 0.0690. The number of hydrogen-bond donors (Lipinski definition) is 1. The van der Waals surface area contributed by atoms with Gasteiger partial charge in [-0.3, -0.25) is 0 Å². The van der Waals surface area contributed by atoms with E-state index in [4.69, 9.17) is 9.84 Å². The lowest BCUT2D eigenvalue weighted by Gasteiger charge is -2.10.